The first-order valence-electron chi connectivity index (χ1n) is 8.24. The van der Waals surface area contributed by atoms with E-state index in [0.717, 1.165) is 34.3 Å². The number of epoxide rings is 1. The highest BCUT2D eigenvalue weighted by atomic mass is 16.7. The van der Waals surface area contributed by atoms with Crippen molar-refractivity contribution in [2.75, 3.05) is 0 Å². The number of rotatable bonds is 0. The molecule has 4 aliphatic rings. The van der Waals surface area contributed by atoms with Crippen LogP contribution in [0.1, 0.15) is 6.42 Å². The molecule has 2 aliphatic heterocycles. The van der Waals surface area contributed by atoms with Crippen LogP contribution in [0.5, 0.6) is 11.5 Å². The highest BCUT2D eigenvalue weighted by Crippen LogP contribution is 2.51. The molecule has 2 aromatic carbocycles. The quantitative estimate of drug-likeness (QED) is 0.700. The molecule has 0 aromatic heterocycles. The molecule has 4 heteroatoms. The molecule has 0 N–H and O–H groups in total. The zero-order chi connectivity index (χ0) is 15.9. The Morgan fingerprint density at radius 2 is 1.79 bits per heavy atom. The van der Waals surface area contributed by atoms with E-state index in [2.05, 4.69) is 0 Å². The van der Waals surface area contributed by atoms with E-state index in [1.807, 2.05) is 42.5 Å². The van der Waals surface area contributed by atoms with Crippen molar-refractivity contribution in [3.05, 3.63) is 60.2 Å². The van der Waals surface area contributed by atoms with Crippen LogP contribution < -0.4 is 9.47 Å². The van der Waals surface area contributed by atoms with Crippen molar-refractivity contribution in [2.45, 2.75) is 24.4 Å². The van der Waals surface area contributed by atoms with E-state index in [-0.39, 0.29) is 23.9 Å². The predicted molar refractivity (Wildman–Crippen MR) is 86.9 cm³/mol. The summed E-state index contributed by atoms with van der Waals surface area (Å²) in [6.07, 6.45) is 6.29. The number of ketones is 1. The number of fused-ring (bicyclic) bond motifs is 3. The van der Waals surface area contributed by atoms with E-state index < -0.39 is 5.79 Å². The molecule has 6 rings (SSSR count). The van der Waals surface area contributed by atoms with Crippen molar-refractivity contribution in [3.8, 4) is 11.5 Å². The highest BCUT2D eigenvalue weighted by molar-refractivity contribution is 6.06. The van der Waals surface area contributed by atoms with Crippen LogP contribution in [-0.4, -0.2) is 23.8 Å². The average molecular weight is 318 g/mol. The molecule has 4 nitrogen and oxygen atoms in total. The third kappa shape index (κ3) is 1.54. The van der Waals surface area contributed by atoms with Gasteiger partial charge in [0.1, 0.15) is 17.6 Å². The SMILES string of the molecule is O=C1C=CC2(Oc3cccc4cccc(c34)O2)[C@@H]2C[C@H]3O[C@H]3C=C12. The number of ether oxygens (including phenoxy) is 3. The van der Waals surface area contributed by atoms with Gasteiger partial charge >= 0.3 is 0 Å². The second kappa shape index (κ2) is 4.08. The number of hydrogen-bond donors (Lipinski definition) is 0. The van der Waals surface area contributed by atoms with Crippen molar-refractivity contribution in [2.24, 2.45) is 5.92 Å². The fourth-order valence-corrected chi connectivity index (χ4v) is 4.20. The van der Waals surface area contributed by atoms with Gasteiger partial charge in [-0.05, 0) is 36.1 Å². The second-order valence-corrected chi connectivity index (χ2v) is 6.78. The summed E-state index contributed by atoms with van der Waals surface area (Å²) >= 11 is 0. The Bertz CT molecular complexity index is 930. The molecule has 1 saturated heterocycles. The van der Waals surface area contributed by atoms with Crippen LogP contribution in [0.3, 0.4) is 0 Å². The lowest BCUT2D eigenvalue weighted by Gasteiger charge is -2.44. The summed E-state index contributed by atoms with van der Waals surface area (Å²) < 4.78 is 18.3. The first-order chi connectivity index (χ1) is 11.7. The standard InChI is InChI=1S/C20H14O4/c21-14-7-8-20(13-10-18-17(22-18)9-12(13)14)23-15-5-1-3-11-4-2-6-16(24-20)19(11)15/h1-9,13,17-18H,10H2/t13-,17+,18-/m1/s1. The predicted octanol–water partition coefficient (Wildman–Crippen LogP) is 3.16. The summed E-state index contributed by atoms with van der Waals surface area (Å²) in [4.78, 5) is 12.3. The van der Waals surface area contributed by atoms with Crippen LogP contribution in [0.4, 0.5) is 0 Å². The van der Waals surface area contributed by atoms with Gasteiger partial charge in [0.15, 0.2) is 5.78 Å². The summed E-state index contributed by atoms with van der Waals surface area (Å²) in [6, 6.07) is 12.0. The van der Waals surface area contributed by atoms with Crippen LogP contribution in [-0.2, 0) is 9.53 Å². The van der Waals surface area contributed by atoms with Crippen LogP contribution >= 0.6 is 0 Å². The van der Waals surface area contributed by atoms with E-state index in [4.69, 9.17) is 14.2 Å². The molecular weight excluding hydrogens is 304 g/mol. The fourth-order valence-electron chi connectivity index (χ4n) is 4.20. The molecule has 2 aliphatic carbocycles. The van der Waals surface area contributed by atoms with Crippen LogP contribution in [0.25, 0.3) is 10.8 Å². The largest absolute Gasteiger partial charge is 0.447 e. The van der Waals surface area contributed by atoms with Gasteiger partial charge in [0.25, 0.3) is 5.79 Å². The van der Waals surface area contributed by atoms with E-state index in [9.17, 15) is 4.79 Å². The molecule has 0 saturated carbocycles. The first-order valence-corrected chi connectivity index (χ1v) is 8.24. The van der Waals surface area contributed by atoms with E-state index in [0.29, 0.717) is 0 Å². The summed E-state index contributed by atoms with van der Waals surface area (Å²) in [5.74, 6) is 0.503. The monoisotopic (exact) mass is 318 g/mol. The Morgan fingerprint density at radius 3 is 2.54 bits per heavy atom. The lowest BCUT2D eigenvalue weighted by Crippen LogP contribution is -2.53. The molecule has 1 spiro atoms. The Morgan fingerprint density at radius 1 is 1.04 bits per heavy atom. The van der Waals surface area contributed by atoms with Gasteiger partial charge in [-0.1, -0.05) is 24.3 Å². The van der Waals surface area contributed by atoms with E-state index in [1.54, 1.807) is 12.2 Å². The number of allylic oxidation sites excluding steroid dienone is 1. The van der Waals surface area contributed by atoms with Crippen molar-refractivity contribution >= 4 is 16.6 Å². The van der Waals surface area contributed by atoms with E-state index >= 15 is 0 Å². The average Bonchev–Trinajstić information content (AvgIpc) is 3.37. The second-order valence-electron chi connectivity index (χ2n) is 6.78. The molecule has 24 heavy (non-hydrogen) atoms. The van der Waals surface area contributed by atoms with Crippen LogP contribution in [0, 0.1) is 5.92 Å². The molecule has 1 fully saturated rings. The molecule has 2 aromatic rings. The van der Waals surface area contributed by atoms with Crippen molar-refractivity contribution < 1.29 is 19.0 Å². The van der Waals surface area contributed by atoms with Crippen molar-refractivity contribution in [1.82, 2.24) is 0 Å². The molecule has 0 unspecified atom stereocenters. The topological polar surface area (TPSA) is 48.1 Å². The van der Waals surface area contributed by atoms with Gasteiger partial charge in [-0.3, -0.25) is 4.79 Å². The Hall–Kier alpha value is -2.59. The zero-order valence-corrected chi connectivity index (χ0v) is 12.8. The van der Waals surface area contributed by atoms with Crippen molar-refractivity contribution in [1.29, 1.82) is 0 Å². The maximum Gasteiger partial charge on any atom is 0.278 e. The fraction of sp³-hybridized carbons (Fsp3) is 0.250. The number of carbonyl (C=O) groups is 1. The molecule has 2 heterocycles. The lowest BCUT2D eigenvalue weighted by molar-refractivity contribution is -0.130. The minimum atomic E-state index is -0.973. The molecule has 3 atom stereocenters. The maximum atomic E-state index is 12.3. The lowest BCUT2D eigenvalue weighted by atomic mass is 9.75. The summed E-state index contributed by atoms with van der Waals surface area (Å²) in [7, 11) is 0. The van der Waals surface area contributed by atoms with E-state index in [1.165, 1.54) is 0 Å². The molecule has 118 valence electrons. The Balaban J connectivity index is 1.55. The molecular formula is C20H14O4. The van der Waals surface area contributed by atoms with Crippen molar-refractivity contribution in [3.63, 3.8) is 0 Å². The summed E-state index contributed by atoms with van der Waals surface area (Å²) in [5.41, 5.74) is 0.753. The first kappa shape index (κ1) is 12.8. The van der Waals surface area contributed by atoms with Gasteiger partial charge in [0, 0.05) is 11.6 Å². The van der Waals surface area contributed by atoms with Gasteiger partial charge < -0.3 is 14.2 Å². The number of benzene rings is 2. The summed E-state index contributed by atoms with van der Waals surface area (Å²) in [5, 5.41) is 2.07. The number of carbonyl (C=O) groups excluding carboxylic acids is 1. The Labute approximate surface area is 138 Å². The third-order valence-corrected chi connectivity index (χ3v) is 5.41. The smallest absolute Gasteiger partial charge is 0.278 e. The minimum absolute atomic E-state index is 0.0313. The van der Waals surface area contributed by atoms with Crippen LogP contribution in [0.2, 0.25) is 0 Å². The summed E-state index contributed by atoms with van der Waals surface area (Å²) in [6.45, 7) is 0. The van der Waals surface area contributed by atoms with Gasteiger partial charge in [-0.2, -0.15) is 0 Å². The Kier molecular flexibility index (Phi) is 2.17. The molecule has 0 radical (unpaired) electrons. The van der Waals surface area contributed by atoms with Gasteiger partial charge in [-0.25, -0.2) is 0 Å². The maximum absolute atomic E-state index is 12.3. The highest BCUT2D eigenvalue weighted by Gasteiger charge is 2.56. The third-order valence-electron chi connectivity index (χ3n) is 5.41. The molecule has 0 amide bonds. The molecule has 0 bridgehead atoms. The minimum Gasteiger partial charge on any atom is -0.447 e. The number of hydrogen-bond acceptors (Lipinski definition) is 4. The normalized spacial score (nSPS) is 30.9. The van der Waals surface area contributed by atoms with Gasteiger partial charge in [-0.15, -0.1) is 0 Å². The van der Waals surface area contributed by atoms with Crippen LogP contribution in [0.15, 0.2) is 60.2 Å². The zero-order valence-electron chi connectivity index (χ0n) is 12.8. The van der Waals surface area contributed by atoms with Gasteiger partial charge in [0.2, 0.25) is 0 Å². The van der Waals surface area contributed by atoms with Gasteiger partial charge in [0.05, 0.1) is 17.4 Å².